The molecule has 0 heterocycles. The first-order chi connectivity index (χ1) is 9.08. The van der Waals surface area contributed by atoms with Crippen molar-refractivity contribution in [2.75, 3.05) is 11.9 Å². The number of hydrogen-bond donors (Lipinski definition) is 2. The summed E-state index contributed by atoms with van der Waals surface area (Å²) in [6, 6.07) is 10.1. The lowest BCUT2D eigenvalue weighted by Gasteiger charge is -2.14. The van der Waals surface area contributed by atoms with Crippen LogP contribution in [0.4, 0.5) is 14.5 Å². The first-order valence-electron chi connectivity index (χ1n) is 5.69. The Labute approximate surface area is 114 Å². The molecule has 0 spiro atoms. The lowest BCUT2D eigenvalue weighted by Crippen LogP contribution is -2.13. The molecule has 2 nitrogen and oxygen atoms in total. The first kappa shape index (κ1) is 13.8. The maximum absolute atomic E-state index is 13.4. The zero-order valence-electron chi connectivity index (χ0n) is 9.91. The molecule has 2 rings (SSSR count). The summed E-state index contributed by atoms with van der Waals surface area (Å²) >= 11 is 5.63. The molecule has 0 amide bonds. The van der Waals surface area contributed by atoms with E-state index in [1.807, 2.05) is 0 Å². The van der Waals surface area contributed by atoms with Gasteiger partial charge in [0.15, 0.2) is 0 Å². The van der Waals surface area contributed by atoms with Gasteiger partial charge in [-0.2, -0.15) is 0 Å². The van der Waals surface area contributed by atoms with Crippen molar-refractivity contribution in [1.29, 1.82) is 0 Å². The minimum absolute atomic E-state index is 0.00891. The third kappa shape index (κ3) is 3.43. The van der Waals surface area contributed by atoms with E-state index >= 15 is 0 Å². The Bertz CT molecular complexity index is 577. The Morgan fingerprint density at radius 1 is 1.11 bits per heavy atom. The van der Waals surface area contributed by atoms with Crippen LogP contribution in [0, 0.1) is 11.6 Å². The van der Waals surface area contributed by atoms with Gasteiger partial charge in [0.05, 0.1) is 11.1 Å². The molecule has 0 aromatic heterocycles. The average molecular weight is 284 g/mol. The third-order valence-electron chi connectivity index (χ3n) is 2.68. The van der Waals surface area contributed by atoms with Gasteiger partial charge >= 0.3 is 0 Å². The van der Waals surface area contributed by atoms with Crippen molar-refractivity contribution in [3.05, 3.63) is 64.7 Å². The molecule has 1 atom stereocenters. The number of anilines is 1. The SMILES string of the molecule is OC(CNc1ccc(F)c(Cl)c1)c1ccccc1F. The fourth-order valence-corrected chi connectivity index (χ4v) is 1.86. The second kappa shape index (κ2) is 5.99. The fraction of sp³-hybridized carbons (Fsp3) is 0.143. The number of halogens is 3. The van der Waals surface area contributed by atoms with E-state index < -0.39 is 17.7 Å². The highest BCUT2D eigenvalue weighted by molar-refractivity contribution is 6.31. The summed E-state index contributed by atoms with van der Waals surface area (Å²) in [5.41, 5.74) is 0.769. The van der Waals surface area contributed by atoms with E-state index in [0.717, 1.165) is 0 Å². The largest absolute Gasteiger partial charge is 0.386 e. The highest BCUT2D eigenvalue weighted by Crippen LogP contribution is 2.21. The van der Waals surface area contributed by atoms with Gasteiger partial charge in [-0.05, 0) is 24.3 Å². The maximum atomic E-state index is 13.4. The zero-order valence-corrected chi connectivity index (χ0v) is 10.7. The Hall–Kier alpha value is -1.65. The van der Waals surface area contributed by atoms with Gasteiger partial charge < -0.3 is 10.4 Å². The Morgan fingerprint density at radius 3 is 2.53 bits per heavy atom. The van der Waals surface area contributed by atoms with Crippen molar-refractivity contribution in [2.45, 2.75) is 6.10 Å². The van der Waals surface area contributed by atoms with Crippen molar-refractivity contribution in [2.24, 2.45) is 0 Å². The molecule has 2 N–H and O–H groups in total. The van der Waals surface area contributed by atoms with Crippen molar-refractivity contribution in [3.8, 4) is 0 Å². The molecule has 0 bridgehead atoms. The molecule has 0 saturated heterocycles. The van der Waals surface area contributed by atoms with Crippen LogP contribution < -0.4 is 5.32 Å². The first-order valence-corrected chi connectivity index (χ1v) is 6.07. The summed E-state index contributed by atoms with van der Waals surface area (Å²) < 4.78 is 26.4. The topological polar surface area (TPSA) is 32.3 Å². The molecule has 0 aliphatic carbocycles. The summed E-state index contributed by atoms with van der Waals surface area (Å²) in [5.74, 6) is -0.976. The van der Waals surface area contributed by atoms with Crippen LogP contribution in [0.3, 0.4) is 0 Å². The van der Waals surface area contributed by atoms with E-state index in [1.54, 1.807) is 12.1 Å². The highest BCUT2D eigenvalue weighted by atomic mass is 35.5. The summed E-state index contributed by atoms with van der Waals surface area (Å²) in [4.78, 5) is 0. The predicted octanol–water partition coefficient (Wildman–Crippen LogP) is 3.76. The van der Waals surface area contributed by atoms with Crippen LogP contribution in [-0.2, 0) is 0 Å². The molecule has 0 radical (unpaired) electrons. The minimum atomic E-state index is -0.995. The second-order valence-corrected chi connectivity index (χ2v) is 4.45. The van der Waals surface area contributed by atoms with Gasteiger partial charge in [0.1, 0.15) is 11.6 Å². The quantitative estimate of drug-likeness (QED) is 0.895. The van der Waals surface area contributed by atoms with Crippen LogP contribution in [0.1, 0.15) is 11.7 Å². The Kier molecular flexibility index (Phi) is 4.35. The number of rotatable bonds is 4. The average Bonchev–Trinajstić information content (AvgIpc) is 2.40. The van der Waals surface area contributed by atoms with Crippen LogP contribution in [0.2, 0.25) is 5.02 Å². The monoisotopic (exact) mass is 283 g/mol. The van der Waals surface area contributed by atoms with Crippen LogP contribution in [0.25, 0.3) is 0 Å². The smallest absolute Gasteiger partial charge is 0.141 e. The van der Waals surface area contributed by atoms with Gasteiger partial charge in [-0.15, -0.1) is 0 Å². The molecule has 19 heavy (non-hydrogen) atoms. The molecular weight excluding hydrogens is 272 g/mol. The number of aliphatic hydroxyl groups excluding tert-OH is 1. The number of nitrogens with one attached hydrogen (secondary N) is 1. The normalized spacial score (nSPS) is 12.2. The number of hydrogen-bond acceptors (Lipinski definition) is 2. The predicted molar refractivity (Wildman–Crippen MR) is 71.3 cm³/mol. The maximum Gasteiger partial charge on any atom is 0.141 e. The van der Waals surface area contributed by atoms with Crippen LogP contribution in [0.15, 0.2) is 42.5 Å². The van der Waals surface area contributed by atoms with E-state index in [-0.39, 0.29) is 17.1 Å². The molecule has 0 saturated carbocycles. The van der Waals surface area contributed by atoms with Gasteiger partial charge in [0, 0.05) is 17.8 Å². The van der Waals surface area contributed by atoms with E-state index in [9.17, 15) is 13.9 Å². The van der Waals surface area contributed by atoms with Crippen molar-refractivity contribution < 1.29 is 13.9 Å². The van der Waals surface area contributed by atoms with Gasteiger partial charge in [-0.1, -0.05) is 29.8 Å². The van der Waals surface area contributed by atoms with Crippen molar-refractivity contribution in [3.63, 3.8) is 0 Å². The number of aliphatic hydroxyl groups is 1. The Morgan fingerprint density at radius 2 is 1.84 bits per heavy atom. The molecule has 1 unspecified atom stereocenters. The number of benzene rings is 2. The van der Waals surface area contributed by atoms with Gasteiger partial charge in [0.2, 0.25) is 0 Å². The molecule has 0 fully saturated rings. The van der Waals surface area contributed by atoms with E-state index in [4.69, 9.17) is 11.6 Å². The van der Waals surface area contributed by atoms with Crippen LogP contribution >= 0.6 is 11.6 Å². The van der Waals surface area contributed by atoms with E-state index in [0.29, 0.717) is 5.69 Å². The standard InChI is InChI=1S/C14H12ClF2NO/c15-11-7-9(5-6-13(11)17)18-8-14(19)10-3-1-2-4-12(10)16/h1-7,14,18-19H,8H2. The molecule has 0 aliphatic rings. The van der Waals surface area contributed by atoms with Crippen molar-refractivity contribution >= 4 is 17.3 Å². The molecule has 2 aromatic carbocycles. The van der Waals surface area contributed by atoms with Crippen LogP contribution in [-0.4, -0.2) is 11.7 Å². The van der Waals surface area contributed by atoms with Gasteiger partial charge in [0.25, 0.3) is 0 Å². The van der Waals surface area contributed by atoms with Crippen LogP contribution in [0.5, 0.6) is 0 Å². The lowest BCUT2D eigenvalue weighted by atomic mass is 10.1. The Balaban J connectivity index is 2.02. The third-order valence-corrected chi connectivity index (χ3v) is 2.97. The lowest BCUT2D eigenvalue weighted by molar-refractivity contribution is 0.186. The van der Waals surface area contributed by atoms with E-state index in [1.165, 1.54) is 30.3 Å². The molecule has 0 aliphatic heterocycles. The summed E-state index contributed by atoms with van der Waals surface area (Å²) in [5, 5.41) is 12.7. The summed E-state index contributed by atoms with van der Waals surface area (Å²) in [6.45, 7) is 0.100. The molecule has 2 aromatic rings. The van der Waals surface area contributed by atoms with E-state index in [2.05, 4.69) is 5.32 Å². The molecule has 5 heteroatoms. The summed E-state index contributed by atoms with van der Waals surface area (Å²) in [7, 11) is 0. The fourth-order valence-electron chi connectivity index (χ4n) is 1.68. The minimum Gasteiger partial charge on any atom is -0.386 e. The second-order valence-electron chi connectivity index (χ2n) is 4.05. The highest BCUT2D eigenvalue weighted by Gasteiger charge is 2.12. The summed E-state index contributed by atoms with van der Waals surface area (Å²) in [6.07, 6.45) is -0.995. The molecule has 100 valence electrons. The van der Waals surface area contributed by atoms with Crippen molar-refractivity contribution in [1.82, 2.24) is 0 Å². The molecular formula is C14H12ClF2NO. The van der Waals surface area contributed by atoms with Gasteiger partial charge in [-0.3, -0.25) is 0 Å². The van der Waals surface area contributed by atoms with Gasteiger partial charge in [-0.25, -0.2) is 8.78 Å². The zero-order chi connectivity index (χ0) is 13.8.